The molecule has 30 heavy (non-hydrogen) atoms. The van der Waals surface area contributed by atoms with Crippen LogP contribution in [0.15, 0.2) is 36.4 Å². The van der Waals surface area contributed by atoms with Crippen LogP contribution >= 0.6 is 0 Å². The van der Waals surface area contributed by atoms with Crippen molar-refractivity contribution in [3.63, 3.8) is 0 Å². The lowest BCUT2D eigenvalue weighted by Crippen LogP contribution is -2.32. The molecule has 1 N–H and O–H groups in total. The smallest absolute Gasteiger partial charge is 0.407 e. The summed E-state index contributed by atoms with van der Waals surface area (Å²) in [6.45, 7) is 11.1. The minimum Gasteiger partial charge on any atom is -0.444 e. The summed E-state index contributed by atoms with van der Waals surface area (Å²) in [6.07, 6.45) is 4.52. The van der Waals surface area contributed by atoms with Crippen molar-refractivity contribution in [1.82, 2.24) is 9.88 Å². The zero-order valence-corrected chi connectivity index (χ0v) is 19.0. The summed E-state index contributed by atoms with van der Waals surface area (Å²) < 4.78 is 13.9. The van der Waals surface area contributed by atoms with Crippen LogP contribution in [0.4, 0.5) is 4.79 Å². The van der Waals surface area contributed by atoms with Crippen LogP contribution in [0.2, 0.25) is 0 Å². The highest BCUT2D eigenvalue weighted by Crippen LogP contribution is 2.32. The van der Waals surface area contributed by atoms with E-state index in [1.807, 2.05) is 32.9 Å². The average molecular weight is 413 g/mol. The Morgan fingerprint density at radius 3 is 2.10 bits per heavy atom. The fourth-order valence-corrected chi connectivity index (χ4v) is 4.18. The SMILES string of the molecule is Cc1ccc(C)n1C1CCC(OCc2ccc(CNC(=O)OC(C)(C)C)cc2)CC1. The van der Waals surface area contributed by atoms with Crippen LogP contribution in [0.5, 0.6) is 0 Å². The number of carbonyl (C=O) groups excluding carboxylic acids is 1. The number of hydrogen-bond donors (Lipinski definition) is 1. The fraction of sp³-hybridized carbons (Fsp3) is 0.560. The maximum Gasteiger partial charge on any atom is 0.407 e. The Morgan fingerprint density at radius 1 is 0.967 bits per heavy atom. The summed E-state index contributed by atoms with van der Waals surface area (Å²) in [4.78, 5) is 11.8. The van der Waals surface area contributed by atoms with Gasteiger partial charge in [-0.25, -0.2) is 4.79 Å². The predicted octanol–water partition coefficient (Wildman–Crippen LogP) is 5.83. The monoisotopic (exact) mass is 412 g/mol. The molecule has 1 aromatic heterocycles. The van der Waals surface area contributed by atoms with E-state index in [1.54, 1.807) is 0 Å². The van der Waals surface area contributed by atoms with Gasteiger partial charge in [0.15, 0.2) is 0 Å². The quantitative estimate of drug-likeness (QED) is 0.649. The van der Waals surface area contributed by atoms with E-state index in [1.165, 1.54) is 24.2 Å². The molecule has 3 rings (SSSR count). The summed E-state index contributed by atoms with van der Waals surface area (Å²) in [6, 6.07) is 13.2. The first-order valence-electron chi connectivity index (χ1n) is 11.0. The highest BCUT2D eigenvalue weighted by molar-refractivity contribution is 5.67. The van der Waals surface area contributed by atoms with Crippen molar-refractivity contribution in [1.29, 1.82) is 0 Å². The Morgan fingerprint density at radius 2 is 1.53 bits per heavy atom. The number of carbonyl (C=O) groups is 1. The molecule has 0 bridgehead atoms. The van der Waals surface area contributed by atoms with Gasteiger partial charge < -0.3 is 19.4 Å². The van der Waals surface area contributed by atoms with E-state index < -0.39 is 11.7 Å². The molecule has 0 spiro atoms. The van der Waals surface area contributed by atoms with Gasteiger partial charge in [-0.3, -0.25) is 0 Å². The van der Waals surface area contributed by atoms with Gasteiger partial charge >= 0.3 is 6.09 Å². The number of rotatable bonds is 6. The number of alkyl carbamates (subject to hydrolysis) is 1. The number of nitrogens with zero attached hydrogens (tertiary/aromatic N) is 1. The molecule has 0 atom stereocenters. The first-order valence-corrected chi connectivity index (χ1v) is 11.0. The minimum absolute atomic E-state index is 0.339. The van der Waals surface area contributed by atoms with Crippen molar-refractivity contribution in [3.05, 3.63) is 58.9 Å². The Kier molecular flexibility index (Phi) is 7.24. The fourth-order valence-electron chi connectivity index (χ4n) is 4.18. The number of aromatic nitrogens is 1. The summed E-state index contributed by atoms with van der Waals surface area (Å²) in [7, 11) is 0. The molecule has 0 saturated heterocycles. The van der Waals surface area contributed by atoms with Crippen LogP contribution in [-0.4, -0.2) is 22.4 Å². The molecule has 164 valence electrons. The molecule has 1 amide bonds. The van der Waals surface area contributed by atoms with Crippen molar-refractivity contribution >= 4 is 6.09 Å². The van der Waals surface area contributed by atoms with Crippen molar-refractivity contribution in [3.8, 4) is 0 Å². The van der Waals surface area contributed by atoms with E-state index in [-0.39, 0.29) is 0 Å². The van der Waals surface area contributed by atoms with E-state index in [9.17, 15) is 4.79 Å². The van der Waals surface area contributed by atoms with Crippen LogP contribution in [0.25, 0.3) is 0 Å². The maximum absolute atomic E-state index is 11.8. The third-order valence-corrected chi connectivity index (χ3v) is 5.68. The lowest BCUT2D eigenvalue weighted by atomic mass is 9.92. The number of ether oxygens (including phenoxy) is 2. The zero-order valence-electron chi connectivity index (χ0n) is 19.0. The topological polar surface area (TPSA) is 52.5 Å². The van der Waals surface area contributed by atoms with Gasteiger partial charge in [-0.05, 0) is 83.6 Å². The van der Waals surface area contributed by atoms with Crippen molar-refractivity contribution < 1.29 is 14.3 Å². The van der Waals surface area contributed by atoms with E-state index in [0.29, 0.717) is 25.3 Å². The molecular formula is C25H36N2O3. The Balaban J connectivity index is 1.40. The first-order chi connectivity index (χ1) is 14.2. The largest absolute Gasteiger partial charge is 0.444 e. The van der Waals surface area contributed by atoms with Crippen LogP contribution in [0, 0.1) is 13.8 Å². The standard InChI is InChI=1S/C25H36N2O3/c1-18-6-7-19(2)27(18)22-12-14-23(15-13-22)29-17-21-10-8-20(9-11-21)16-26-24(28)30-25(3,4)5/h6-11,22-23H,12-17H2,1-5H3,(H,26,28). The summed E-state index contributed by atoms with van der Waals surface area (Å²) in [5, 5.41) is 2.79. The Bertz CT molecular complexity index is 806. The number of amides is 1. The molecule has 1 fully saturated rings. The maximum atomic E-state index is 11.8. The van der Waals surface area contributed by atoms with Gasteiger partial charge in [-0.15, -0.1) is 0 Å². The second-order valence-electron chi connectivity index (χ2n) is 9.40. The van der Waals surface area contributed by atoms with Crippen molar-refractivity contribution in [2.75, 3.05) is 0 Å². The summed E-state index contributed by atoms with van der Waals surface area (Å²) >= 11 is 0. The van der Waals surface area contributed by atoms with Gasteiger partial charge in [0.25, 0.3) is 0 Å². The predicted molar refractivity (Wildman–Crippen MR) is 120 cm³/mol. The van der Waals surface area contributed by atoms with Crippen molar-refractivity contribution in [2.45, 2.75) is 91.2 Å². The molecule has 2 aromatic rings. The second-order valence-corrected chi connectivity index (χ2v) is 9.40. The van der Waals surface area contributed by atoms with Gasteiger partial charge in [0.1, 0.15) is 5.60 Å². The van der Waals surface area contributed by atoms with E-state index in [2.05, 4.69) is 48.0 Å². The number of benzene rings is 1. The lowest BCUT2D eigenvalue weighted by Gasteiger charge is -2.31. The number of hydrogen-bond acceptors (Lipinski definition) is 3. The zero-order chi connectivity index (χ0) is 21.7. The molecule has 5 heteroatoms. The molecular weight excluding hydrogens is 376 g/mol. The Labute approximate surface area is 180 Å². The molecule has 0 unspecified atom stereocenters. The molecule has 1 aliphatic rings. The summed E-state index contributed by atoms with van der Waals surface area (Å²) in [5.74, 6) is 0. The first kappa shape index (κ1) is 22.4. The van der Waals surface area contributed by atoms with E-state index in [0.717, 1.165) is 24.0 Å². The van der Waals surface area contributed by atoms with Gasteiger partial charge in [-0.1, -0.05) is 24.3 Å². The van der Waals surface area contributed by atoms with Gasteiger partial charge in [0.2, 0.25) is 0 Å². The molecule has 1 heterocycles. The van der Waals surface area contributed by atoms with Crippen LogP contribution in [0.3, 0.4) is 0 Å². The van der Waals surface area contributed by atoms with Crippen LogP contribution in [0.1, 0.15) is 75.0 Å². The van der Waals surface area contributed by atoms with Crippen LogP contribution < -0.4 is 5.32 Å². The highest BCUT2D eigenvalue weighted by Gasteiger charge is 2.24. The van der Waals surface area contributed by atoms with Gasteiger partial charge in [-0.2, -0.15) is 0 Å². The summed E-state index contributed by atoms with van der Waals surface area (Å²) in [5.41, 5.74) is 4.44. The van der Waals surface area contributed by atoms with E-state index in [4.69, 9.17) is 9.47 Å². The number of aryl methyl sites for hydroxylation is 2. The average Bonchev–Trinajstić information content (AvgIpc) is 3.03. The molecule has 1 saturated carbocycles. The lowest BCUT2D eigenvalue weighted by molar-refractivity contribution is 0.00816. The highest BCUT2D eigenvalue weighted by atomic mass is 16.6. The van der Waals surface area contributed by atoms with Crippen LogP contribution in [-0.2, 0) is 22.6 Å². The molecule has 1 aromatic carbocycles. The molecule has 5 nitrogen and oxygen atoms in total. The van der Waals surface area contributed by atoms with E-state index >= 15 is 0 Å². The molecule has 0 radical (unpaired) electrons. The molecule has 0 aliphatic heterocycles. The van der Waals surface area contributed by atoms with Crippen molar-refractivity contribution in [2.24, 2.45) is 0 Å². The second kappa shape index (κ2) is 9.69. The minimum atomic E-state index is -0.482. The Hall–Kier alpha value is -2.27. The third-order valence-electron chi connectivity index (χ3n) is 5.68. The number of nitrogens with one attached hydrogen (secondary N) is 1. The molecule has 1 aliphatic carbocycles. The normalized spacial score (nSPS) is 19.5. The van der Waals surface area contributed by atoms with Gasteiger partial charge in [0, 0.05) is 24.0 Å². The van der Waals surface area contributed by atoms with Gasteiger partial charge in [0.05, 0.1) is 12.7 Å². The third kappa shape index (κ3) is 6.36.